The van der Waals surface area contributed by atoms with E-state index in [0.717, 1.165) is 0 Å². The van der Waals surface area contributed by atoms with Gasteiger partial charge in [-0.15, -0.1) is 0 Å². The Morgan fingerprint density at radius 2 is 1.26 bits per heavy atom. The summed E-state index contributed by atoms with van der Waals surface area (Å²) in [6.07, 6.45) is -0.156. The van der Waals surface area contributed by atoms with Gasteiger partial charge in [-0.3, -0.25) is 4.79 Å². The number of nitrogens with one attached hydrogen (secondary N) is 1. The summed E-state index contributed by atoms with van der Waals surface area (Å²) >= 11 is 12.4. The molecule has 0 amide bonds. The summed E-state index contributed by atoms with van der Waals surface area (Å²) in [6, 6.07) is 12.0. The molecule has 0 fully saturated rings. The fourth-order valence-electron chi connectivity index (χ4n) is 2.63. The third kappa shape index (κ3) is 10.2. The number of halogens is 2. The van der Waals surface area contributed by atoms with Gasteiger partial charge in [0.05, 0.1) is 22.2 Å². The molecule has 0 aliphatic rings. The maximum absolute atomic E-state index is 12.2. The van der Waals surface area contributed by atoms with Crippen molar-refractivity contribution in [2.75, 3.05) is 25.1 Å². The minimum absolute atomic E-state index is 0.156. The predicted molar refractivity (Wildman–Crippen MR) is 129 cm³/mol. The van der Waals surface area contributed by atoms with Crippen molar-refractivity contribution in [2.45, 2.75) is 32.8 Å². The number of carbonyl (C=O) groups excluding carboxylic acids is 4. The maximum atomic E-state index is 12.2. The van der Waals surface area contributed by atoms with Crippen LogP contribution in [0.3, 0.4) is 0 Å². The second kappa shape index (κ2) is 13.0. The first-order valence-electron chi connectivity index (χ1n) is 10.4. The summed E-state index contributed by atoms with van der Waals surface area (Å²) in [5, 5.41) is 3.91. The van der Waals surface area contributed by atoms with Gasteiger partial charge in [-0.25, -0.2) is 14.4 Å². The number of ether oxygens (including phenoxy) is 4. The molecule has 0 aliphatic heterocycles. The number of hydrogen-bond acceptors (Lipinski definition) is 9. The minimum Gasteiger partial charge on any atom is -0.457 e. The Morgan fingerprint density at radius 3 is 1.83 bits per heavy atom. The van der Waals surface area contributed by atoms with Crippen LogP contribution in [0.4, 0.5) is 11.4 Å². The summed E-state index contributed by atoms with van der Waals surface area (Å²) in [5.74, 6) is -3.35. The summed E-state index contributed by atoms with van der Waals surface area (Å²) in [6.45, 7) is 2.93. The normalized spacial score (nSPS) is 10.8. The van der Waals surface area contributed by atoms with Crippen LogP contribution >= 0.6 is 23.2 Å². The van der Waals surface area contributed by atoms with Crippen LogP contribution in [-0.2, 0) is 44.5 Å². The van der Waals surface area contributed by atoms with Crippen LogP contribution in [0.15, 0.2) is 42.5 Å². The Balaban J connectivity index is 1.79. The number of carbonyl (C=O) groups is 4. The van der Waals surface area contributed by atoms with E-state index in [1.165, 1.54) is 0 Å². The van der Waals surface area contributed by atoms with Crippen molar-refractivity contribution in [1.29, 1.82) is 0 Å². The van der Waals surface area contributed by atoms with Gasteiger partial charge in [0.15, 0.2) is 19.8 Å². The largest absolute Gasteiger partial charge is 0.457 e. The van der Waals surface area contributed by atoms with Crippen LogP contribution in [0.2, 0.25) is 10.0 Å². The number of hydrogen-bond donors (Lipinski definition) is 1. The molecule has 0 bridgehead atoms. The topological polar surface area (TPSA) is 117 Å². The van der Waals surface area contributed by atoms with Gasteiger partial charge in [0, 0.05) is 5.69 Å². The van der Waals surface area contributed by atoms with E-state index in [4.69, 9.17) is 32.7 Å². The van der Waals surface area contributed by atoms with Crippen molar-refractivity contribution < 1.29 is 38.1 Å². The van der Waals surface area contributed by atoms with Crippen LogP contribution in [0.1, 0.15) is 26.3 Å². The number of esters is 4. The highest BCUT2D eigenvalue weighted by Crippen LogP contribution is 2.33. The predicted octanol–water partition coefficient (Wildman–Crippen LogP) is 4.25. The van der Waals surface area contributed by atoms with Crippen LogP contribution in [0.25, 0.3) is 0 Å². The van der Waals surface area contributed by atoms with Crippen LogP contribution < -0.4 is 5.32 Å². The smallest absolute Gasteiger partial charge is 0.344 e. The van der Waals surface area contributed by atoms with E-state index in [1.807, 2.05) is 0 Å². The lowest BCUT2D eigenvalue weighted by Gasteiger charge is -2.19. The SMILES string of the molecule is CC(C)(C)OC(=O)COC(=O)COC(=O)COC(=O)Cc1ccccc1Nc1c(Cl)cccc1Cl. The average Bonchev–Trinajstić information content (AvgIpc) is 2.77. The van der Waals surface area contributed by atoms with Gasteiger partial charge in [-0.05, 0) is 44.5 Å². The van der Waals surface area contributed by atoms with Crippen LogP contribution in [-0.4, -0.2) is 49.3 Å². The van der Waals surface area contributed by atoms with Crippen molar-refractivity contribution >= 4 is 58.5 Å². The molecule has 0 radical (unpaired) electrons. The monoisotopic (exact) mass is 525 g/mol. The van der Waals surface area contributed by atoms with Crippen molar-refractivity contribution in [2.24, 2.45) is 0 Å². The highest BCUT2D eigenvalue weighted by atomic mass is 35.5. The van der Waals surface area contributed by atoms with Gasteiger partial charge in [0.25, 0.3) is 0 Å². The summed E-state index contributed by atoms with van der Waals surface area (Å²) < 4.78 is 19.2. The van der Waals surface area contributed by atoms with E-state index >= 15 is 0 Å². The Morgan fingerprint density at radius 1 is 0.743 bits per heavy atom. The number of anilines is 2. The lowest BCUT2D eigenvalue weighted by molar-refractivity contribution is -0.171. The number of benzene rings is 2. The van der Waals surface area contributed by atoms with E-state index in [9.17, 15) is 19.2 Å². The van der Waals surface area contributed by atoms with Gasteiger partial charge in [-0.1, -0.05) is 47.5 Å². The molecule has 0 unspecified atom stereocenters. The highest BCUT2D eigenvalue weighted by Gasteiger charge is 2.19. The first-order chi connectivity index (χ1) is 16.4. The van der Waals surface area contributed by atoms with Gasteiger partial charge in [0.1, 0.15) is 5.60 Å². The van der Waals surface area contributed by atoms with Crippen molar-refractivity contribution in [1.82, 2.24) is 0 Å². The molecule has 2 rings (SSSR count). The zero-order valence-electron chi connectivity index (χ0n) is 19.4. The molecule has 1 N–H and O–H groups in total. The average molecular weight is 526 g/mol. The van der Waals surface area contributed by atoms with Crippen molar-refractivity contribution in [3.63, 3.8) is 0 Å². The summed E-state index contributed by atoms with van der Waals surface area (Å²) in [4.78, 5) is 47.1. The molecular formula is C24H25Cl2NO8. The second-order valence-corrected chi connectivity index (χ2v) is 8.94. The maximum Gasteiger partial charge on any atom is 0.344 e. The Kier molecular flexibility index (Phi) is 10.4. The molecule has 0 saturated carbocycles. The van der Waals surface area contributed by atoms with Gasteiger partial charge in [0.2, 0.25) is 0 Å². The Bertz CT molecular complexity index is 1060. The third-order valence-electron chi connectivity index (χ3n) is 4.05. The fraction of sp³-hybridized carbons (Fsp3) is 0.333. The van der Waals surface area contributed by atoms with E-state index in [0.29, 0.717) is 27.0 Å². The van der Waals surface area contributed by atoms with Gasteiger partial charge in [-0.2, -0.15) is 0 Å². The van der Waals surface area contributed by atoms with Crippen molar-refractivity contribution in [3.8, 4) is 0 Å². The molecule has 0 heterocycles. The summed E-state index contributed by atoms with van der Waals surface area (Å²) in [7, 11) is 0. The summed E-state index contributed by atoms with van der Waals surface area (Å²) in [5.41, 5.74) is 0.916. The molecule has 2 aromatic rings. The zero-order valence-corrected chi connectivity index (χ0v) is 20.9. The van der Waals surface area contributed by atoms with E-state index in [1.54, 1.807) is 63.2 Å². The first kappa shape index (κ1) is 27.9. The van der Waals surface area contributed by atoms with E-state index in [-0.39, 0.29) is 6.42 Å². The lowest BCUT2D eigenvalue weighted by atomic mass is 10.1. The lowest BCUT2D eigenvalue weighted by Crippen LogP contribution is -2.28. The quantitative estimate of drug-likeness (QED) is 0.358. The molecule has 2 aromatic carbocycles. The molecule has 0 saturated heterocycles. The molecule has 0 spiro atoms. The molecular weight excluding hydrogens is 501 g/mol. The molecule has 35 heavy (non-hydrogen) atoms. The standard InChI is InChI=1S/C24H25Cl2NO8/c1-24(2,3)35-22(31)14-34-21(30)13-33-20(29)12-32-19(28)11-15-7-4-5-10-18(15)27-23-16(25)8-6-9-17(23)26/h4-10,27H,11-14H2,1-3H3. The molecule has 11 heteroatoms. The molecule has 9 nitrogen and oxygen atoms in total. The molecule has 188 valence electrons. The van der Waals surface area contributed by atoms with Gasteiger partial charge < -0.3 is 24.3 Å². The zero-order chi connectivity index (χ0) is 26.0. The number of rotatable bonds is 10. The van der Waals surface area contributed by atoms with Crippen LogP contribution in [0.5, 0.6) is 0 Å². The molecule has 0 aliphatic carbocycles. The van der Waals surface area contributed by atoms with Crippen LogP contribution in [0, 0.1) is 0 Å². The van der Waals surface area contributed by atoms with E-state index < -0.39 is 49.3 Å². The Hall–Kier alpha value is -3.30. The first-order valence-corrected chi connectivity index (χ1v) is 11.2. The Labute approximate surface area is 212 Å². The second-order valence-electron chi connectivity index (χ2n) is 8.12. The van der Waals surface area contributed by atoms with Gasteiger partial charge >= 0.3 is 23.9 Å². The molecule has 0 aromatic heterocycles. The number of para-hydroxylation sites is 2. The minimum atomic E-state index is -0.957. The highest BCUT2D eigenvalue weighted by molar-refractivity contribution is 6.39. The van der Waals surface area contributed by atoms with Crippen molar-refractivity contribution in [3.05, 3.63) is 58.1 Å². The third-order valence-corrected chi connectivity index (χ3v) is 4.68. The fourth-order valence-corrected chi connectivity index (χ4v) is 3.12. The molecule has 0 atom stereocenters. The van der Waals surface area contributed by atoms with E-state index in [2.05, 4.69) is 14.8 Å².